The van der Waals surface area contributed by atoms with Gasteiger partial charge in [0.1, 0.15) is 0 Å². The molecule has 0 aromatic carbocycles. The molecular formula is C16H26N4O2. The molecule has 3 rings (SSSR count). The Kier molecular flexibility index (Phi) is 5.10. The van der Waals surface area contributed by atoms with E-state index in [2.05, 4.69) is 20.2 Å². The van der Waals surface area contributed by atoms with E-state index >= 15 is 0 Å². The fraction of sp³-hybridized carbons (Fsp3) is 0.750. The Morgan fingerprint density at radius 2 is 2.00 bits per heavy atom. The van der Waals surface area contributed by atoms with Crippen LogP contribution in [0.5, 0.6) is 5.88 Å². The Hall–Kier alpha value is -1.40. The molecule has 0 amide bonds. The zero-order chi connectivity index (χ0) is 15.4. The van der Waals surface area contributed by atoms with Crippen LogP contribution in [0.25, 0.3) is 0 Å². The smallest absolute Gasteiger partial charge is 0.226 e. The minimum atomic E-state index is -0.139. The number of hydrogen-bond acceptors (Lipinski definition) is 6. The molecule has 2 aliphatic rings. The normalized spacial score (nSPS) is 27.5. The van der Waals surface area contributed by atoms with Gasteiger partial charge in [-0.1, -0.05) is 12.8 Å². The summed E-state index contributed by atoms with van der Waals surface area (Å²) in [7, 11) is 1.61. The first kappa shape index (κ1) is 15.5. The van der Waals surface area contributed by atoms with Crippen LogP contribution in [0.3, 0.4) is 0 Å². The fourth-order valence-electron chi connectivity index (χ4n) is 3.60. The summed E-state index contributed by atoms with van der Waals surface area (Å²) in [5.41, 5.74) is 0. The number of piperidine rings is 1. The first-order valence-corrected chi connectivity index (χ1v) is 8.32. The molecule has 6 heteroatoms. The number of ether oxygens (including phenoxy) is 1. The molecule has 1 aromatic heterocycles. The first-order chi connectivity index (χ1) is 10.8. The Balaban J connectivity index is 1.51. The van der Waals surface area contributed by atoms with Crippen molar-refractivity contribution in [3.63, 3.8) is 0 Å². The summed E-state index contributed by atoms with van der Waals surface area (Å²) in [6, 6.07) is 2.50. The number of nitrogens with one attached hydrogen (secondary N) is 1. The van der Waals surface area contributed by atoms with Gasteiger partial charge in [-0.2, -0.15) is 4.98 Å². The molecule has 2 unspecified atom stereocenters. The third kappa shape index (κ3) is 3.67. The minimum absolute atomic E-state index is 0.139. The molecule has 1 aromatic rings. The number of likely N-dealkylation sites (tertiary alicyclic amines) is 1. The summed E-state index contributed by atoms with van der Waals surface area (Å²) in [6.07, 6.45) is 8.20. The lowest BCUT2D eigenvalue weighted by atomic mass is 9.89. The zero-order valence-electron chi connectivity index (χ0n) is 13.2. The van der Waals surface area contributed by atoms with Gasteiger partial charge in [0, 0.05) is 37.4 Å². The lowest BCUT2D eigenvalue weighted by molar-refractivity contribution is 0.00990. The molecular weight excluding hydrogens is 280 g/mol. The summed E-state index contributed by atoms with van der Waals surface area (Å²) in [6.45, 7) is 2.06. The molecule has 0 spiro atoms. The maximum Gasteiger partial charge on any atom is 0.226 e. The van der Waals surface area contributed by atoms with Crippen molar-refractivity contribution >= 4 is 5.95 Å². The van der Waals surface area contributed by atoms with Gasteiger partial charge in [0.05, 0.1) is 13.2 Å². The number of rotatable bonds is 4. The first-order valence-electron chi connectivity index (χ1n) is 8.32. The van der Waals surface area contributed by atoms with Gasteiger partial charge in [-0.3, -0.25) is 4.90 Å². The highest BCUT2D eigenvalue weighted by Gasteiger charge is 2.31. The van der Waals surface area contributed by atoms with Gasteiger partial charge in [-0.05, 0) is 25.7 Å². The summed E-state index contributed by atoms with van der Waals surface area (Å²) in [5, 5.41) is 13.6. The van der Waals surface area contributed by atoms with Crippen LogP contribution >= 0.6 is 0 Å². The van der Waals surface area contributed by atoms with Crippen LogP contribution in [0.15, 0.2) is 12.3 Å². The number of nitrogens with zero attached hydrogens (tertiary/aromatic N) is 3. The molecule has 1 aliphatic carbocycles. The van der Waals surface area contributed by atoms with E-state index in [1.165, 1.54) is 12.8 Å². The van der Waals surface area contributed by atoms with Crippen molar-refractivity contribution in [2.24, 2.45) is 0 Å². The van der Waals surface area contributed by atoms with Crippen molar-refractivity contribution in [1.29, 1.82) is 0 Å². The topological polar surface area (TPSA) is 70.5 Å². The van der Waals surface area contributed by atoms with E-state index in [9.17, 15) is 5.11 Å². The average molecular weight is 306 g/mol. The van der Waals surface area contributed by atoms with Crippen LogP contribution in [0.1, 0.15) is 38.5 Å². The summed E-state index contributed by atoms with van der Waals surface area (Å²) in [5.74, 6) is 1.22. The molecule has 122 valence electrons. The van der Waals surface area contributed by atoms with Crippen LogP contribution in [-0.4, -0.2) is 58.4 Å². The van der Waals surface area contributed by atoms with Gasteiger partial charge in [0.2, 0.25) is 11.8 Å². The van der Waals surface area contributed by atoms with E-state index in [0.717, 1.165) is 38.8 Å². The molecule has 6 nitrogen and oxygen atoms in total. The third-order valence-corrected chi connectivity index (χ3v) is 4.86. The number of aliphatic hydroxyl groups excluding tert-OH is 1. The minimum Gasteiger partial charge on any atom is -0.481 e. The quantitative estimate of drug-likeness (QED) is 0.882. The lowest BCUT2D eigenvalue weighted by Gasteiger charge is -2.41. The molecule has 1 saturated carbocycles. The van der Waals surface area contributed by atoms with Gasteiger partial charge in [-0.15, -0.1) is 0 Å². The van der Waals surface area contributed by atoms with Gasteiger partial charge >= 0.3 is 0 Å². The molecule has 0 bridgehead atoms. The van der Waals surface area contributed by atoms with Crippen LogP contribution < -0.4 is 10.1 Å². The average Bonchev–Trinajstić information content (AvgIpc) is 2.56. The van der Waals surface area contributed by atoms with Gasteiger partial charge < -0.3 is 15.2 Å². The zero-order valence-corrected chi connectivity index (χ0v) is 13.2. The predicted octanol–water partition coefficient (Wildman–Crippen LogP) is 1.66. The Labute approximate surface area is 131 Å². The van der Waals surface area contributed by atoms with Crippen LogP contribution in [0, 0.1) is 0 Å². The maximum atomic E-state index is 10.2. The summed E-state index contributed by atoms with van der Waals surface area (Å²) < 4.78 is 5.13. The molecule has 2 fully saturated rings. The Bertz CT molecular complexity index is 477. The van der Waals surface area contributed by atoms with Gasteiger partial charge in [0.15, 0.2) is 0 Å². The van der Waals surface area contributed by atoms with E-state index in [-0.39, 0.29) is 6.10 Å². The number of hydrogen-bond donors (Lipinski definition) is 2. The van der Waals surface area contributed by atoms with Crippen molar-refractivity contribution in [2.45, 2.75) is 56.7 Å². The third-order valence-electron chi connectivity index (χ3n) is 4.86. The van der Waals surface area contributed by atoms with E-state index < -0.39 is 0 Å². The highest BCUT2D eigenvalue weighted by molar-refractivity contribution is 5.29. The van der Waals surface area contributed by atoms with E-state index in [1.54, 1.807) is 19.4 Å². The van der Waals surface area contributed by atoms with Crippen molar-refractivity contribution in [1.82, 2.24) is 14.9 Å². The predicted molar refractivity (Wildman–Crippen MR) is 85.1 cm³/mol. The van der Waals surface area contributed by atoms with Gasteiger partial charge in [-0.25, -0.2) is 4.98 Å². The molecule has 0 radical (unpaired) electrons. The second kappa shape index (κ2) is 7.24. The summed E-state index contributed by atoms with van der Waals surface area (Å²) in [4.78, 5) is 11.0. The standard InChI is InChI=1S/C16H26N4O2/c1-22-15-6-9-17-16(19-15)18-12-7-10-20(11-8-12)13-4-2-3-5-14(13)21/h6,9,12-14,21H,2-5,7-8,10-11H2,1H3,(H,17,18,19). The highest BCUT2D eigenvalue weighted by Crippen LogP contribution is 2.26. The van der Waals surface area contributed by atoms with E-state index in [4.69, 9.17) is 4.74 Å². The van der Waals surface area contributed by atoms with Crippen LogP contribution in [0.2, 0.25) is 0 Å². The van der Waals surface area contributed by atoms with E-state index in [1.807, 2.05) is 0 Å². The lowest BCUT2D eigenvalue weighted by Crippen LogP contribution is -2.50. The maximum absolute atomic E-state index is 10.2. The Morgan fingerprint density at radius 3 is 2.73 bits per heavy atom. The largest absolute Gasteiger partial charge is 0.481 e. The van der Waals surface area contributed by atoms with Crippen molar-refractivity contribution in [3.05, 3.63) is 12.3 Å². The summed E-state index contributed by atoms with van der Waals surface area (Å²) >= 11 is 0. The second-order valence-electron chi connectivity index (χ2n) is 6.30. The van der Waals surface area contributed by atoms with Crippen molar-refractivity contribution < 1.29 is 9.84 Å². The molecule has 2 atom stereocenters. The number of anilines is 1. The number of aromatic nitrogens is 2. The molecule has 2 N–H and O–H groups in total. The SMILES string of the molecule is COc1ccnc(NC2CCN(C3CCCCC3O)CC2)n1. The van der Waals surface area contributed by atoms with E-state index in [0.29, 0.717) is 23.9 Å². The Morgan fingerprint density at radius 1 is 1.23 bits per heavy atom. The number of methoxy groups -OCH3 is 1. The van der Waals surface area contributed by atoms with Crippen LogP contribution in [0.4, 0.5) is 5.95 Å². The highest BCUT2D eigenvalue weighted by atomic mass is 16.5. The second-order valence-corrected chi connectivity index (χ2v) is 6.30. The van der Waals surface area contributed by atoms with Gasteiger partial charge in [0.25, 0.3) is 0 Å². The number of aliphatic hydroxyl groups is 1. The molecule has 1 saturated heterocycles. The molecule has 1 aliphatic heterocycles. The molecule has 22 heavy (non-hydrogen) atoms. The monoisotopic (exact) mass is 306 g/mol. The van der Waals surface area contributed by atoms with Crippen molar-refractivity contribution in [3.8, 4) is 5.88 Å². The fourth-order valence-corrected chi connectivity index (χ4v) is 3.60. The van der Waals surface area contributed by atoms with Crippen LogP contribution in [-0.2, 0) is 0 Å². The van der Waals surface area contributed by atoms with Crippen molar-refractivity contribution in [2.75, 3.05) is 25.5 Å². The molecule has 2 heterocycles.